The predicted octanol–water partition coefficient (Wildman–Crippen LogP) is 2.71. The number of carbonyl (C=O) groups excluding carboxylic acids is 1. The van der Waals surface area contributed by atoms with Crippen LogP contribution in [0.5, 0.6) is 0 Å². The van der Waals surface area contributed by atoms with Crippen molar-refractivity contribution in [3.8, 4) is 0 Å². The Morgan fingerprint density at radius 3 is 2.33 bits per heavy atom. The molecule has 0 radical (unpaired) electrons. The smallest absolute Gasteiger partial charge is 0.323 e. The molecule has 226 valence electrons. The van der Waals surface area contributed by atoms with E-state index in [1.807, 2.05) is 30.3 Å². The van der Waals surface area contributed by atoms with Crippen molar-refractivity contribution in [2.45, 2.75) is 50.0 Å². The third kappa shape index (κ3) is 6.59. The fourth-order valence-corrected chi connectivity index (χ4v) is 9.14. The Balaban J connectivity index is 1.71. The Kier molecular flexibility index (Phi) is 9.44. The Morgan fingerprint density at radius 1 is 0.953 bits per heavy atom. The van der Waals surface area contributed by atoms with Crippen LogP contribution in [0, 0.1) is 5.92 Å². The first-order valence-electron chi connectivity index (χ1n) is 13.5. The molecule has 0 spiro atoms. The summed E-state index contributed by atoms with van der Waals surface area (Å²) in [5.41, 5.74) is 1.15. The number of amides is 1. The van der Waals surface area contributed by atoms with E-state index in [9.17, 15) is 39.3 Å². The molecule has 2 aromatic rings. The third-order valence-corrected chi connectivity index (χ3v) is 11.2. The number of nitrogens with zero attached hydrogens (tertiary/aromatic N) is 3. The predicted molar refractivity (Wildman–Crippen MR) is 168 cm³/mol. The molecule has 11 nitrogen and oxygen atoms in total. The van der Waals surface area contributed by atoms with E-state index in [-0.39, 0.29) is 26.2 Å². The number of aliphatic carboxylic acids is 3. The van der Waals surface area contributed by atoms with Crippen LogP contribution in [0.4, 0.5) is 5.69 Å². The van der Waals surface area contributed by atoms with Gasteiger partial charge in [-0.05, 0) is 49.0 Å². The Bertz CT molecular complexity index is 1740. The number of thiazole rings is 1. The van der Waals surface area contributed by atoms with Crippen LogP contribution in [-0.2, 0) is 25.7 Å². The minimum absolute atomic E-state index is 0.00899. The van der Waals surface area contributed by atoms with Crippen LogP contribution < -0.4 is 19.7 Å². The molecule has 15 heteroatoms. The summed E-state index contributed by atoms with van der Waals surface area (Å²) in [5.74, 6) is -4.06. The summed E-state index contributed by atoms with van der Waals surface area (Å²) in [6, 6.07) is 7.78. The average Bonchev–Trinajstić information content (AvgIpc) is 3.72. The normalized spacial score (nSPS) is 19.9. The SMILES string of the molecule is O=C(O)CCCN1/C(=C/C(=c2/s/c(=C3\SC(=S)N(CC(=O)O)C3=O)n(CC(=O)O)c2=O)C2CCCC2)Sc2ccccc21. The number of para-hydroxylation sites is 1. The maximum atomic E-state index is 13.9. The van der Waals surface area contributed by atoms with Gasteiger partial charge < -0.3 is 20.2 Å². The molecule has 5 rings (SSSR count). The van der Waals surface area contributed by atoms with E-state index >= 15 is 0 Å². The number of carboxylic acid groups (broad SMARTS) is 3. The van der Waals surface area contributed by atoms with Crippen molar-refractivity contribution >= 4 is 91.4 Å². The largest absolute Gasteiger partial charge is 0.481 e. The van der Waals surface area contributed by atoms with E-state index in [1.54, 1.807) is 0 Å². The number of thiocarbonyl (C=S) groups is 1. The molecule has 1 aromatic carbocycles. The summed E-state index contributed by atoms with van der Waals surface area (Å²) in [6.07, 6.45) is 6.00. The van der Waals surface area contributed by atoms with Crippen molar-refractivity contribution in [2.24, 2.45) is 5.92 Å². The third-order valence-electron chi connectivity index (χ3n) is 7.26. The topological polar surface area (TPSA) is 157 Å². The Labute approximate surface area is 263 Å². The maximum Gasteiger partial charge on any atom is 0.323 e. The molecule has 1 aromatic heterocycles. The second-order valence-electron chi connectivity index (χ2n) is 10.1. The molecule has 0 bridgehead atoms. The highest BCUT2D eigenvalue weighted by Crippen LogP contribution is 2.47. The van der Waals surface area contributed by atoms with Crippen LogP contribution in [0.2, 0.25) is 0 Å². The first-order chi connectivity index (χ1) is 20.5. The average molecular weight is 662 g/mol. The zero-order chi connectivity index (χ0) is 30.8. The van der Waals surface area contributed by atoms with Gasteiger partial charge in [-0.25, -0.2) is 0 Å². The van der Waals surface area contributed by atoms with Crippen molar-refractivity contribution in [2.75, 3.05) is 18.0 Å². The van der Waals surface area contributed by atoms with Crippen molar-refractivity contribution in [1.29, 1.82) is 0 Å². The van der Waals surface area contributed by atoms with E-state index in [2.05, 4.69) is 4.90 Å². The maximum absolute atomic E-state index is 13.9. The van der Waals surface area contributed by atoms with E-state index in [0.29, 0.717) is 17.5 Å². The van der Waals surface area contributed by atoms with Crippen molar-refractivity contribution in [1.82, 2.24) is 9.47 Å². The van der Waals surface area contributed by atoms with Crippen LogP contribution >= 0.6 is 47.1 Å². The summed E-state index contributed by atoms with van der Waals surface area (Å²) in [7, 11) is 0. The van der Waals surface area contributed by atoms with Gasteiger partial charge in [-0.2, -0.15) is 0 Å². The van der Waals surface area contributed by atoms with Gasteiger partial charge >= 0.3 is 17.9 Å². The monoisotopic (exact) mass is 661 g/mol. The number of benzene rings is 1. The minimum Gasteiger partial charge on any atom is -0.481 e. The van der Waals surface area contributed by atoms with Gasteiger partial charge in [-0.15, -0.1) is 11.3 Å². The van der Waals surface area contributed by atoms with Crippen molar-refractivity contribution < 1.29 is 34.5 Å². The van der Waals surface area contributed by atoms with Gasteiger partial charge in [0.15, 0.2) is 0 Å². The molecule has 0 unspecified atom stereocenters. The van der Waals surface area contributed by atoms with Gasteiger partial charge in [-0.3, -0.25) is 33.4 Å². The zero-order valence-electron chi connectivity index (χ0n) is 22.7. The highest BCUT2D eigenvalue weighted by molar-refractivity contribution is 8.30. The van der Waals surface area contributed by atoms with Crippen LogP contribution in [0.1, 0.15) is 38.5 Å². The molecule has 1 saturated heterocycles. The number of fused-ring (bicyclic) bond motifs is 1. The lowest BCUT2D eigenvalue weighted by Crippen LogP contribution is -2.37. The molecule has 2 aliphatic heterocycles. The zero-order valence-corrected chi connectivity index (χ0v) is 26.0. The summed E-state index contributed by atoms with van der Waals surface area (Å²) < 4.78 is 1.53. The lowest BCUT2D eigenvalue weighted by Gasteiger charge is -2.21. The number of carbonyl (C=O) groups is 4. The number of hydrogen-bond donors (Lipinski definition) is 3. The number of allylic oxidation sites excluding steroid dienone is 1. The molecular weight excluding hydrogens is 635 g/mol. The van der Waals surface area contributed by atoms with Crippen LogP contribution in [0.3, 0.4) is 0 Å². The van der Waals surface area contributed by atoms with E-state index < -0.39 is 42.5 Å². The first-order valence-corrected chi connectivity index (χ1v) is 16.3. The van der Waals surface area contributed by atoms with E-state index in [4.69, 9.17) is 12.2 Å². The van der Waals surface area contributed by atoms with Gasteiger partial charge in [0.1, 0.15) is 27.0 Å². The van der Waals surface area contributed by atoms with Crippen LogP contribution in [-0.4, -0.2) is 66.0 Å². The highest BCUT2D eigenvalue weighted by Gasteiger charge is 2.36. The lowest BCUT2D eigenvalue weighted by molar-refractivity contribution is -0.140. The second-order valence-corrected chi connectivity index (χ2v) is 13.8. The van der Waals surface area contributed by atoms with E-state index in [1.165, 1.54) is 11.8 Å². The van der Waals surface area contributed by atoms with E-state index in [0.717, 1.165) is 79.4 Å². The summed E-state index contributed by atoms with van der Waals surface area (Å²) in [6.45, 7) is -0.862. The molecule has 3 N–H and O–H groups in total. The van der Waals surface area contributed by atoms with Crippen LogP contribution in [0.15, 0.2) is 45.1 Å². The second kappa shape index (κ2) is 13.1. The lowest BCUT2D eigenvalue weighted by atomic mass is 9.97. The number of thioether (sulfide) groups is 2. The highest BCUT2D eigenvalue weighted by atomic mass is 32.2. The first kappa shape index (κ1) is 31.0. The van der Waals surface area contributed by atoms with Gasteiger partial charge in [0.05, 0.1) is 15.2 Å². The molecule has 2 fully saturated rings. The Hall–Kier alpha value is -3.40. The standard InChI is InChI=1S/C28H27N3O8S4/c32-20(33)10-5-11-29-17-8-3-4-9-18(17)41-19(29)12-16(15-6-1-2-7-15)23-25(38)30(13-21(34)35)27(42-23)24-26(39)31(14-22(36)37)28(40)43-24/h3-4,8-9,12,15H,1-2,5-7,10-11,13-14H2,(H,32,33)(H,34,35)(H,36,37)/b19-12-,23-16-,27-24-. The minimum atomic E-state index is -1.26. The summed E-state index contributed by atoms with van der Waals surface area (Å²) in [5, 5.41) is 28.9. The number of rotatable bonds is 10. The summed E-state index contributed by atoms with van der Waals surface area (Å²) in [4.78, 5) is 65.6. The molecule has 0 atom stereocenters. The molecule has 3 heterocycles. The van der Waals surface area contributed by atoms with Crippen molar-refractivity contribution in [3.05, 3.63) is 54.9 Å². The van der Waals surface area contributed by atoms with Gasteiger partial charge in [0, 0.05) is 17.9 Å². The van der Waals surface area contributed by atoms with Gasteiger partial charge in [0.25, 0.3) is 11.5 Å². The number of carboxylic acids is 3. The van der Waals surface area contributed by atoms with Gasteiger partial charge in [-0.1, -0.05) is 60.7 Å². The molecule has 1 aliphatic carbocycles. The molecule has 1 saturated carbocycles. The van der Waals surface area contributed by atoms with Crippen LogP contribution in [0.25, 0.3) is 10.5 Å². The quantitative estimate of drug-likeness (QED) is 0.321. The summed E-state index contributed by atoms with van der Waals surface area (Å²) >= 11 is 8.64. The Morgan fingerprint density at radius 2 is 1.65 bits per heavy atom. The molecule has 43 heavy (non-hydrogen) atoms. The molecular formula is C28H27N3O8S4. The fraction of sp³-hybridized carbons (Fsp3) is 0.357. The number of anilines is 1. The molecule has 3 aliphatic rings. The number of hydrogen-bond acceptors (Lipinski definition) is 10. The van der Waals surface area contributed by atoms with Crippen molar-refractivity contribution in [3.63, 3.8) is 0 Å². The number of aromatic nitrogens is 1. The molecule has 1 amide bonds. The van der Waals surface area contributed by atoms with Gasteiger partial charge in [0.2, 0.25) is 0 Å². The fourth-order valence-electron chi connectivity index (χ4n) is 5.36.